The van der Waals surface area contributed by atoms with E-state index in [0.29, 0.717) is 6.04 Å². The lowest BCUT2D eigenvalue weighted by atomic mass is 10.2. The van der Waals surface area contributed by atoms with Gasteiger partial charge in [0.25, 0.3) is 0 Å². The van der Waals surface area contributed by atoms with E-state index in [2.05, 4.69) is 56.2 Å². The molecular weight excluding hydrogens is 222 g/mol. The maximum absolute atomic E-state index is 4.71. The van der Waals surface area contributed by atoms with Crippen molar-refractivity contribution in [3.8, 4) is 0 Å². The number of hydrogen-bond donors (Lipinski definition) is 1. The van der Waals surface area contributed by atoms with Crippen LogP contribution in [-0.4, -0.2) is 24.6 Å². The summed E-state index contributed by atoms with van der Waals surface area (Å²) in [6.07, 6.45) is 3.58. The van der Waals surface area contributed by atoms with E-state index in [9.17, 15) is 0 Å². The summed E-state index contributed by atoms with van der Waals surface area (Å²) in [5, 5.41) is 3.39. The molecule has 1 aromatic heterocycles. The van der Waals surface area contributed by atoms with Crippen LogP contribution in [0.1, 0.15) is 45.7 Å². The number of rotatable bonds is 8. The molecule has 102 valence electrons. The highest BCUT2D eigenvalue weighted by Crippen LogP contribution is 2.15. The third kappa shape index (κ3) is 4.65. The van der Waals surface area contributed by atoms with Crippen LogP contribution in [0.3, 0.4) is 0 Å². The second kappa shape index (κ2) is 8.09. The Bertz CT molecular complexity index is 338. The first-order valence-corrected chi connectivity index (χ1v) is 7.08. The first-order valence-electron chi connectivity index (χ1n) is 7.08. The van der Waals surface area contributed by atoms with Crippen molar-refractivity contribution in [1.82, 2.24) is 10.3 Å². The molecule has 0 aliphatic heterocycles. The third-order valence-corrected chi connectivity index (χ3v) is 3.25. The average molecular weight is 249 g/mol. The number of hydrogen-bond acceptors (Lipinski definition) is 3. The SMILES string of the molecule is CCCNCc1cccc(N(C)C(C)CCC)n1. The second-order valence-electron chi connectivity index (χ2n) is 4.91. The van der Waals surface area contributed by atoms with Crippen LogP contribution in [0.25, 0.3) is 0 Å². The van der Waals surface area contributed by atoms with Crippen molar-refractivity contribution >= 4 is 5.82 Å². The molecule has 0 bridgehead atoms. The minimum absolute atomic E-state index is 0.543. The smallest absolute Gasteiger partial charge is 0.128 e. The van der Waals surface area contributed by atoms with E-state index in [1.807, 2.05) is 0 Å². The summed E-state index contributed by atoms with van der Waals surface area (Å²) in [6.45, 7) is 8.57. The number of nitrogens with zero attached hydrogens (tertiary/aromatic N) is 2. The van der Waals surface area contributed by atoms with Crippen LogP contribution < -0.4 is 10.2 Å². The lowest BCUT2D eigenvalue weighted by Gasteiger charge is -2.26. The summed E-state index contributed by atoms with van der Waals surface area (Å²) in [5.41, 5.74) is 1.12. The van der Waals surface area contributed by atoms with E-state index >= 15 is 0 Å². The van der Waals surface area contributed by atoms with Crippen molar-refractivity contribution in [3.63, 3.8) is 0 Å². The third-order valence-electron chi connectivity index (χ3n) is 3.25. The van der Waals surface area contributed by atoms with Crippen LogP contribution in [0, 0.1) is 0 Å². The van der Waals surface area contributed by atoms with Gasteiger partial charge in [0.05, 0.1) is 5.69 Å². The zero-order chi connectivity index (χ0) is 13.4. The highest BCUT2D eigenvalue weighted by molar-refractivity contribution is 5.39. The van der Waals surface area contributed by atoms with Gasteiger partial charge >= 0.3 is 0 Å². The standard InChI is InChI=1S/C15H27N3/c1-5-8-13(3)18(4)15-10-7-9-14(17-15)12-16-11-6-2/h7,9-10,13,16H,5-6,8,11-12H2,1-4H3. The molecule has 1 aromatic rings. The van der Waals surface area contributed by atoms with Crippen LogP contribution in [0.15, 0.2) is 18.2 Å². The molecule has 0 amide bonds. The molecule has 0 aromatic carbocycles. The molecule has 0 saturated carbocycles. The van der Waals surface area contributed by atoms with Gasteiger partial charge in [0.1, 0.15) is 5.82 Å². The quantitative estimate of drug-likeness (QED) is 0.717. The van der Waals surface area contributed by atoms with Crippen molar-refractivity contribution in [2.24, 2.45) is 0 Å². The molecule has 1 heterocycles. The fourth-order valence-corrected chi connectivity index (χ4v) is 1.99. The van der Waals surface area contributed by atoms with E-state index in [1.54, 1.807) is 0 Å². The highest BCUT2D eigenvalue weighted by Gasteiger charge is 2.10. The van der Waals surface area contributed by atoms with Crippen LogP contribution >= 0.6 is 0 Å². The topological polar surface area (TPSA) is 28.2 Å². The molecule has 1 unspecified atom stereocenters. The lowest BCUT2D eigenvalue weighted by molar-refractivity contribution is 0.608. The first kappa shape index (κ1) is 15.0. The van der Waals surface area contributed by atoms with Gasteiger partial charge in [-0.15, -0.1) is 0 Å². The van der Waals surface area contributed by atoms with Gasteiger partial charge in [-0.25, -0.2) is 4.98 Å². The molecule has 0 fully saturated rings. The van der Waals surface area contributed by atoms with E-state index in [1.165, 1.54) is 12.8 Å². The fourth-order valence-electron chi connectivity index (χ4n) is 1.99. The summed E-state index contributed by atoms with van der Waals surface area (Å²) >= 11 is 0. The normalized spacial score (nSPS) is 12.4. The van der Waals surface area contributed by atoms with E-state index in [0.717, 1.165) is 31.0 Å². The predicted molar refractivity (Wildman–Crippen MR) is 79.0 cm³/mol. The number of pyridine rings is 1. The molecule has 0 saturated heterocycles. The maximum Gasteiger partial charge on any atom is 0.128 e. The molecule has 3 heteroatoms. The molecule has 1 rings (SSSR count). The predicted octanol–water partition coefficient (Wildman–Crippen LogP) is 3.21. The van der Waals surface area contributed by atoms with Gasteiger partial charge in [0, 0.05) is 19.6 Å². The highest BCUT2D eigenvalue weighted by atomic mass is 15.2. The van der Waals surface area contributed by atoms with Gasteiger partial charge < -0.3 is 10.2 Å². The monoisotopic (exact) mass is 249 g/mol. The Morgan fingerprint density at radius 3 is 2.72 bits per heavy atom. The van der Waals surface area contributed by atoms with Gasteiger partial charge in [0.2, 0.25) is 0 Å². The van der Waals surface area contributed by atoms with Crippen molar-refractivity contribution in [2.45, 2.75) is 52.6 Å². The number of nitrogens with one attached hydrogen (secondary N) is 1. The summed E-state index contributed by atoms with van der Waals surface area (Å²) in [6, 6.07) is 6.82. The Hall–Kier alpha value is -1.09. The molecule has 0 radical (unpaired) electrons. The molecule has 1 N–H and O–H groups in total. The van der Waals surface area contributed by atoms with Gasteiger partial charge in [-0.2, -0.15) is 0 Å². The Morgan fingerprint density at radius 1 is 1.28 bits per heavy atom. The first-order chi connectivity index (χ1) is 8.69. The zero-order valence-corrected chi connectivity index (χ0v) is 12.2. The molecule has 0 aliphatic carbocycles. The summed E-state index contributed by atoms with van der Waals surface area (Å²) < 4.78 is 0. The minimum Gasteiger partial charge on any atom is -0.357 e. The largest absolute Gasteiger partial charge is 0.357 e. The van der Waals surface area contributed by atoms with Crippen molar-refractivity contribution in [1.29, 1.82) is 0 Å². The lowest BCUT2D eigenvalue weighted by Crippen LogP contribution is -2.29. The van der Waals surface area contributed by atoms with E-state index < -0.39 is 0 Å². The van der Waals surface area contributed by atoms with Crippen LogP contribution in [0.2, 0.25) is 0 Å². The van der Waals surface area contributed by atoms with Crippen LogP contribution in [-0.2, 0) is 6.54 Å². The van der Waals surface area contributed by atoms with Crippen molar-refractivity contribution in [2.75, 3.05) is 18.5 Å². The zero-order valence-electron chi connectivity index (χ0n) is 12.2. The molecule has 0 spiro atoms. The van der Waals surface area contributed by atoms with E-state index in [4.69, 9.17) is 4.98 Å². The van der Waals surface area contributed by atoms with Gasteiger partial charge in [0.15, 0.2) is 0 Å². The molecule has 18 heavy (non-hydrogen) atoms. The Balaban J connectivity index is 2.62. The number of aromatic nitrogens is 1. The molecule has 1 atom stereocenters. The van der Waals surface area contributed by atoms with Crippen LogP contribution in [0.4, 0.5) is 5.82 Å². The van der Waals surface area contributed by atoms with Crippen LogP contribution in [0.5, 0.6) is 0 Å². The molecule has 0 aliphatic rings. The summed E-state index contributed by atoms with van der Waals surface area (Å²) in [4.78, 5) is 6.98. The van der Waals surface area contributed by atoms with Crippen molar-refractivity contribution in [3.05, 3.63) is 23.9 Å². The summed E-state index contributed by atoms with van der Waals surface area (Å²) in [7, 11) is 2.13. The molecular formula is C15H27N3. The van der Waals surface area contributed by atoms with Crippen molar-refractivity contribution < 1.29 is 0 Å². The molecule has 3 nitrogen and oxygen atoms in total. The van der Waals surface area contributed by atoms with Gasteiger partial charge in [-0.3, -0.25) is 0 Å². The minimum atomic E-state index is 0.543. The summed E-state index contributed by atoms with van der Waals surface area (Å²) in [5.74, 6) is 1.08. The van der Waals surface area contributed by atoms with Gasteiger partial charge in [-0.1, -0.05) is 26.3 Å². The Kier molecular flexibility index (Phi) is 6.73. The Labute approximate surface area is 112 Å². The Morgan fingerprint density at radius 2 is 2.06 bits per heavy atom. The number of anilines is 1. The van der Waals surface area contributed by atoms with E-state index in [-0.39, 0.29) is 0 Å². The van der Waals surface area contributed by atoms with Gasteiger partial charge in [-0.05, 0) is 38.4 Å². The second-order valence-corrected chi connectivity index (χ2v) is 4.91. The maximum atomic E-state index is 4.71. The average Bonchev–Trinajstić information content (AvgIpc) is 2.39. The fraction of sp³-hybridized carbons (Fsp3) is 0.667.